The number of thioether (sulfide) groups is 2. The Morgan fingerprint density at radius 3 is 2.81 bits per heavy atom. The minimum atomic E-state index is 0.284. The fourth-order valence-corrected chi connectivity index (χ4v) is 5.60. The number of nitrogens with zero attached hydrogens (tertiary/aromatic N) is 2. The van der Waals surface area contributed by atoms with Crippen LogP contribution in [0.5, 0.6) is 0 Å². The van der Waals surface area contributed by atoms with Gasteiger partial charge in [-0.1, -0.05) is 26.8 Å². The summed E-state index contributed by atoms with van der Waals surface area (Å²) >= 11 is 3.93. The fraction of sp³-hybridized carbons (Fsp3) is 0.762. The Morgan fingerprint density at radius 1 is 1.38 bits per heavy atom. The first-order valence-electron chi connectivity index (χ1n) is 9.93. The zero-order valence-corrected chi connectivity index (χ0v) is 18.5. The van der Waals surface area contributed by atoms with Gasteiger partial charge in [-0.05, 0) is 57.3 Å². The third kappa shape index (κ3) is 7.41. The smallest absolute Gasteiger partial charge is 0.0521 e. The average molecular weight is 397 g/mol. The van der Waals surface area contributed by atoms with E-state index in [2.05, 4.69) is 62.8 Å². The van der Waals surface area contributed by atoms with Crippen LogP contribution >= 0.6 is 23.5 Å². The molecule has 1 fully saturated rings. The van der Waals surface area contributed by atoms with Crippen molar-refractivity contribution in [2.75, 3.05) is 31.7 Å². The van der Waals surface area contributed by atoms with Crippen LogP contribution in [0.1, 0.15) is 63.8 Å². The van der Waals surface area contributed by atoms with E-state index in [9.17, 15) is 0 Å². The molecular formula is C21H36N2OS2. The molecule has 0 bridgehead atoms. The highest BCUT2D eigenvalue weighted by Gasteiger charge is 2.23. The van der Waals surface area contributed by atoms with Crippen molar-refractivity contribution in [2.24, 2.45) is 0 Å². The van der Waals surface area contributed by atoms with Crippen molar-refractivity contribution in [3.8, 4) is 0 Å². The molecule has 1 saturated heterocycles. The summed E-state index contributed by atoms with van der Waals surface area (Å²) in [5.74, 6) is 2.00. The molecule has 1 aliphatic rings. The average Bonchev–Trinajstić information content (AvgIpc) is 3.05. The highest BCUT2D eigenvalue weighted by Crippen LogP contribution is 2.33. The minimum Gasteiger partial charge on any atom is -0.396 e. The molecule has 3 nitrogen and oxygen atoms in total. The monoisotopic (exact) mass is 396 g/mol. The van der Waals surface area contributed by atoms with Crippen LogP contribution in [0.2, 0.25) is 0 Å². The summed E-state index contributed by atoms with van der Waals surface area (Å²) < 4.78 is 0.306. The Kier molecular flexibility index (Phi) is 9.28. The van der Waals surface area contributed by atoms with E-state index < -0.39 is 0 Å². The maximum atomic E-state index is 8.92. The maximum Gasteiger partial charge on any atom is 0.0521 e. The van der Waals surface area contributed by atoms with Gasteiger partial charge in [-0.2, -0.15) is 23.5 Å². The lowest BCUT2D eigenvalue weighted by Gasteiger charge is -2.25. The van der Waals surface area contributed by atoms with E-state index in [0.29, 0.717) is 16.0 Å². The number of pyridine rings is 1. The van der Waals surface area contributed by atoms with E-state index in [1.165, 1.54) is 43.5 Å². The van der Waals surface area contributed by atoms with Crippen molar-refractivity contribution in [2.45, 2.75) is 68.9 Å². The first-order valence-corrected chi connectivity index (χ1v) is 12.0. The lowest BCUT2D eigenvalue weighted by atomic mass is 10.0. The molecule has 2 atom stereocenters. The van der Waals surface area contributed by atoms with Gasteiger partial charge in [0.1, 0.15) is 0 Å². The normalized spacial score (nSPS) is 19.8. The molecule has 0 aromatic carbocycles. The molecule has 1 aromatic rings. The topological polar surface area (TPSA) is 36.4 Å². The van der Waals surface area contributed by atoms with Gasteiger partial charge in [-0.25, -0.2) is 0 Å². The first kappa shape index (κ1) is 22.1. The molecule has 0 aliphatic carbocycles. The number of likely N-dealkylation sites (tertiary alicyclic amines) is 1. The van der Waals surface area contributed by atoms with Gasteiger partial charge in [0.25, 0.3) is 0 Å². The van der Waals surface area contributed by atoms with Crippen molar-refractivity contribution in [1.29, 1.82) is 0 Å². The Bertz CT molecular complexity index is 521. The van der Waals surface area contributed by atoms with Gasteiger partial charge < -0.3 is 5.11 Å². The van der Waals surface area contributed by atoms with E-state index >= 15 is 0 Å². The van der Waals surface area contributed by atoms with E-state index in [-0.39, 0.29) is 6.61 Å². The Hall–Kier alpha value is -0.230. The number of hydrogen-bond donors (Lipinski definition) is 1. The largest absolute Gasteiger partial charge is 0.396 e. The lowest BCUT2D eigenvalue weighted by Crippen LogP contribution is -2.18. The Morgan fingerprint density at radius 2 is 2.19 bits per heavy atom. The second-order valence-corrected chi connectivity index (χ2v) is 11.3. The highest BCUT2D eigenvalue weighted by atomic mass is 32.2. The van der Waals surface area contributed by atoms with Gasteiger partial charge in [0.05, 0.1) is 6.61 Å². The van der Waals surface area contributed by atoms with E-state index in [1.807, 2.05) is 11.8 Å². The highest BCUT2D eigenvalue weighted by molar-refractivity contribution is 8.04. The lowest BCUT2D eigenvalue weighted by molar-refractivity contribution is 0.317. The second kappa shape index (κ2) is 10.9. The molecule has 1 N–H and O–H groups in total. The summed E-state index contributed by atoms with van der Waals surface area (Å²) in [6.07, 6.45) is 8.13. The number of hydrogen-bond acceptors (Lipinski definition) is 5. The summed E-state index contributed by atoms with van der Waals surface area (Å²) in [6.45, 7) is 8.46. The van der Waals surface area contributed by atoms with Crippen molar-refractivity contribution >= 4 is 23.5 Å². The van der Waals surface area contributed by atoms with Gasteiger partial charge in [-0.15, -0.1) is 0 Å². The Labute approximate surface area is 168 Å². The van der Waals surface area contributed by atoms with Crippen LogP contribution in [0.3, 0.4) is 0 Å². The van der Waals surface area contributed by atoms with Gasteiger partial charge in [0.15, 0.2) is 0 Å². The molecule has 0 saturated carbocycles. The van der Waals surface area contributed by atoms with Gasteiger partial charge >= 0.3 is 0 Å². The molecule has 5 heteroatoms. The van der Waals surface area contributed by atoms with Crippen LogP contribution < -0.4 is 0 Å². The first-order chi connectivity index (χ1) is 12.4. The van der Waals surface area contributed by atoms with Crippen molar-refractivity contribution in [3.63, 3.8) is 0 Å². The van der Waals surface area contributed by atoms with Crippen LogP contribution in [0, 0.1) is 0 Å². The van der Waals surface area contributed by atoms with Gasteiger partial charge in [0.2, 0.25) is 0 Å². The molecule has 1 aliphatic heterocycles. The summed E-state index contributed by atoms with van der Waals surface area (Å²) in [7, 11) is 2.22. The third-order valence-electron chi connectivity index (χ3n) is 5.17. The fourth-order valence-electron chi connectivity index (χ4n) is 3.52. The van der Waals surface area contributed by atoms with Gasteiger partial charge in [0, 0.05) is 39.4 Å². The van der Waals surface area contributed by atoms with E-state index in [0.717, 1.165) is 17.9 Å². The molecule has 26 heavy (non-hydrogen) atoms. The third-order valence-corrected chi connectivity index (χ3v) is 8.18. The van der Waals surface area contributed by atoms with Crippen LogP contribution in [-0.2, 0) is 6.42 Å². The molecule has 0 spiro atoms. The molecule has 148 valence electrons. The number of rotatable bonds is 11. The number of aryl methyl sites for hydroxylation is 1. The number of aromatic nitrogens is 1. The standard InChI is InChI=1S/C21H36N2OS2/c1-17(25-14-13-24)16-26-21(2,3)11-5-7-19-10-9-18(15-22-19)20-8-6-12-23(20)4/h9-10,15,17,20,24H,5-8,11-14,16H2,1-4H3. The molecule has 0 radical (unpaired) electrons. The summed E-state index contributed by atoms with van der Waals surface area (Å²) in [4.78, 5) is 7.17. The predicted molar refractivity (Wildman–Crippen MR) is 117 cm³/mol. The van der Waals surface area contributed by atoms with Gasteiger partial charge in [-0.3, -0.25) is 9.88 Å². The van der Waals surface area contributed by atoms with Crippen molar-refractivity contribution < 1.29 is 5.11 Å². The van der Waals surface area contributed by atoms with E-state index in [4.69, 9.17) is 10.1 Å². The quantitative estimate of drug-likeness (QED) is 0.581. The van der Waals surface area contributed by atoms with Crippen LogP contribution in [0.4, 0.5) is 0 Å². The predicted octanol–water partition coefficient (Wildman–Crippen LogP) is 4.80. The van der Waals surface area contributed by atoms with E-state index in [1.54, 1.807) is 0 Å². The molecule has 2 rings (SSSR count). The van der Waals surface area contributed by atoms with Crippen LogP contribution in [0.25, 0.3) is 0 Å². The molecule has 2 heterocycles. The molecular weight excluding hydrogens is 360 g/mol. The Balaban J connectivity index is 1.71. The van der Waals surface area contributed by atoms with Crippen molar-refractivity contribution in [3.05, 3.63) is 29.6 Å². The molecule has 2 unspecified atom stereocenters. The van der Waals surface area contributed by atoms with Crippen molar-refractivity contribution in [1.82, 2.24) is 9.88 Å². The maximum absolute atomic E-state index is 8.92. The SMILES string of the molecule is CC(CSC(C)(C)CCCc1ccc(C2CCCN2C)cn1)SCCO. The second-order valence-electron chi connectivity index (χ2n) is 8.05. The number of aliphatic hydroxyl groups excluding tert-OH is 1. The number of aliphatic hydroxyl groups is 1. The van der Waals surface area contributed by atoms with Crippen LogP contribution in [-0.4, -0.2) is 56.7 Å². The summed E-state index contributed by atoms with van der Waals surface area (Å²) in [5.41, 5.74) is 2.60. The van der Waals surface area contributed by atoms with Crippen LogP contribution in [0.15, 0.2) is 18.3 Å². The minimum absolute atomic E-state index is 0.284. The zero-order valence-electron chi connectivity index (χ0n) is 16.9. The molecule has 1 aromatic heterocycles. The zero-order chi connectivity index (χ0) is 19.0. The summed E-state index contributed by atoms with van der Waals surface area (Å²) in [5, 5.41) is 9.53. The summed E-state index contributed by atoms with van der Waals surface area (Å²) in [6, 6.07) is 5.09. The molecule has 0 amide bonds.